The van der Waals surface area contributed by atoms with Crippen LogP contribution in [0.5, 0.6) is 0 Å². The average molecular weight is 204 g/mol. The zero-order valence-corrected chi connectivity index (χ0v) is 9.02. The minimum atomic E-state index is -0.490. The molecular weight excluding hydrogens is 186 g/mol. The molecule has 3 heteroatoms. The van der Waals surface area contributed by atoms with Crippen LogP contribution in [0.4, 0.5) is 0 Å². The molecule has 0 aliphatic rings. The van der Waals surface area contributed by atoms with Gasteiger partial charge in [-0.3, -0.25) is 0 Å². The van der Waals surface area contributed by atoms with Crippen molar-refractivity contribution in [3.63, 3.8) is 0 Å². The summed E-state index contributed by atoms with van der Waals surface area (Å²) in [5, 5.41) is 7.86. The number of nitriles is 1. The van der Waals surface area contributed by atoms with Crippen LogP contribution >= 0.6 is 11.6 Å². The Bertz CT molecular complexity index is 144. The van der Waals surface area contributed by atoms with Crippen LogP contribution in [-0.2, 0) is 4.74 Å². The molecule has 0 heterocycles. The van der Waals surface area contributed by atoms with E-state index in [4.69, 9.17) is 21.6 Å². The summed E-state index contributed by atoms with van der Waals surface area (Å²) in [4.78, 5) is 0. The first-order valence-electron chi connectivity index (χ1n) is 4.92. The average Bonchev–Trinajstić information content (AvgIpc) is 2.16. The van der Waals surface area contributed by atoms with E-state index in [9.17, 15) is 0 Å². The second kappa shape index (κ2) is 9.83. The summed E-state index contributed by atoms with van der Waals surface area (Å²) in [5.41, 5.74) is 0. The van der Waals surface area contributed by atoms with Crippen molar-refractivity contribution in [2.75, 3.05) is 13.2 Å². The Hall–Kier alpha value is -0.260. The second-order valence-corrected chi connectivity index (χ2v) is 3.61. The number of nitrogens with zero attached hydrogens (tertiary/aromatic N) is 1. The van der Waals surface area contributed by atoms with Crippen LogP contribution in [0.2, 0.25) is 0 Å². The normalized spacial score (nSPS) is 12.4. The Morgan fingerprint density at radius 3 is 2.62 bits per heavy atom. The van der Waals surface area contributed by atoms with E-state index in [-0.39, 0.29) is 0 Å². The van der Waals surface area contributed by atoms with Gasteiger partial charge in [-0.15, -0.1) is 11.6 Å². The summed E-state index contributed by atoms with van der Waals surface area (Å²) in [6, 6.07) is 1.92. The van der Waals surface area contributed by atoms with E-state index in [1.54, 1.807) is 0 Å². The monoisotopic (exact) mass is 203 g/mol. The highest BCUT2D eigenvalue weighted by molar-refractivity contribution is 6.22. The van der Waals surface area contributed by atoms with Gasteiger partial charge in [0, 0.05) is 6.61 Å². The summed E-state index contributed by atoms with van der Waals surface area (Å²) in [7, 11) is 0. The summed E-state index contributed by atoms with van der Waals surface area (Å²) >= 11 is 5.54. The van der Waals surface area contributed by atoms with Gasteiger partial charge in [0.25, 0.3) is 0 Å². The van der Waals surface area contributed by atoms with Crippen LogP contribution in [-0.4, -0.2) is 18.6 Å². The molecule has 0 spiro atoms. The van der Waals surface area contributed by atoms with Gasteiger partial charge in [0.1, 0.15) is 5.38 Å². The molecule has 0 bridgehead atoms. The molecule has 0 saturated heterocycles. The van der Waals surface area contributed by atoms with Gasteiger partial charge in [-0.2, -0.15) is 5.26 Å². The van der Waals surface area contributed by atoms with E-state index in [0.29, 0.717) is 6.61 Å². The van der Waals surface area contributed by atoms with Gasteiger partial charge in [0.05, 0.1) is 12.7 Å². The lowest BCUT2D eigenvalue weighted by molar-refractivity contribution is 0.137. The van der Waals surface area contributed by atoms with Crippen molar-refractivity contribution in [2.24, 2.45) is 0 Å². The number of hydrogen-bond acceptors (Lipinski definition) is 2. The maximum Gasteiger partial charge on any atom is 0.143 e. The molecular formula is C10H18ClNO. The van der Waals surface area contributed by atoms with Gasteiger partial charge in [-0.05, 0) is 6.42 Å². The molecule has 0 aliphatic carbocycles. The fourth-order valence-corrected chi connectivity index (χ4v) is 1.12. The summed E-state index contributed by atoms with van der Waals surface area (Å²) in [6.07, 6.45) is 6.14. The highest BCUT2D eigenvalue weighted by atomic mass is 35.5. The number of rotatable bonds is 8. The van der Waals surface area contributed by atoms with E-state index in [1.165, 1.54) is 25.7 Å². The highest BCUT2D eigenvalue weighted by Gasteiger charge is 2.00. The summed E-state index contributed by atoms with van der Waals surface area (Å²) < 4.78 is 5.21. The van der Waals surface area contributed by atoms with Crippen LogP contribution in [0.25, 0.3) is 0 Å². The van der Waals surface area contributed by atoms with Gasteiger partial charge in [0.2, 0.25) is 0 Å². The number of halogens is 1. The molecule has 1 unspecified atom stereocenters. The van der Waals surface area contributed by atoms with Crippen LogP contribution in [0.1, 0.15) is 39.0 Å². The van der Waals surface area contributed by atoms with Crippen molar-refractivity contribution in [3.05, 3.63) is 0 Å². The topological polar surface area (TPSA) is 33.0 Å². The largest absolute Gasteiger partial charge is 0.379 e. The standard InChI is InChI=1S/C10H18ClNO/c1-2-3-4-5-6-7-13-9-10(11)8-12/h10H,2-7,9H2,1H3. The molecule has 0 aromatic heterocycles. The van der Waals surface area contributed by atoms with Crippen molar-refractivity contribution in [1.29, 1.82) is 5.26 Å². The van der Waals surface area contributed by atoms with E-state index >= 15 is 0 Å². The van der Waals surface area contributed by atoms with E-state index in [2.05, 4.69) is 6.92 Å². The van der Waals surface area contributed by atoms with E-state index in [1.807, 2.05) is 6.07 Å². The molecule has 1 atom stereocenters. The van der Waals surface area contributed by atoms with Crippen LogP contribution in [0, 0.1) is 11.3 Å². The molecule has 0 amide bonds. The predicted octanol–water partition coefficient (Wildman–Crippen LogP) is 3.10. The molecule has 0 rings (SSSR count). The first kappa shape index (κ1) is 12.7. The first-order chi connectivity index (χ1) is 6.31. The van der Waals surface area contributed by atoms with Crippen LogP contribution < -0.4 is 0 Å². The zero-order chi connectivity index (χ0) is 9.94. The second-order valence-electron chi connectivity index (χ2n) is 3.09. The summed E-state index contributed by atoms with van der Waals surface area (Å²) in [6.45, 7) is 3.28. The zero-order valence-electron chi connectivity index (χ0n) is 8.26. The fourth-order valence-electron chi connectivity index (χ4n) is 1.03. The minimum Gasteiger partial charge on any atom is -0.379 e. The van der Waals surface area contributed by atoms with Crippen LogP contribution in [0.15, 0.2) is 0 Å². The maximum absolute atomic E-state index is 8.35. The Labute approximate surface area is 85.8 Å². The minimum absolute atomic E-state index is 0.353. The predicted molar refractivity (Wildman–Crippen MR) is 54.8 cm³/mol. The molecule has 76 valence electrons. The third-order valence-electron chi connectivity index (χ3n) is 1.80. The maximum atomic E-state index is 8.35. The lowest BCUT2D eigenvalue weighted by atomic mass is 10.2. The van der Waals surface area contributed by atoms with Gasteiger partial charge in [-0.1, -0.05) is 32.6 Å². The van der Waals surface area contributed by atoms with Crippen molar-refractivity contribution >= 4 is 11.6 Å². The molecule has 2 nitrogen and oxygen atoms in total. The SMILES string of the molecule is CCCCCCCOCC(Cl)C#N. The van der Waals surface area contributed by atoms with Crippen LogP contribution in [0.3, 0.4) is 0 Å². The Balaban J connectivity index is 2.96. The molecule has 0 N–H and O–H groups in total. The van der Waals surface area contributed by atoms with Gasteiger partial charge >= 0.3 is 0 Å². The van der Waals surface area contributed by atoms with Crippen molar-refractivity contribution in [3.8, 4) is 6.07 Å². The molecule has 0 saturated carbocycles. The smallest absolute Gasteiger partial charge is 0.143 e. The van der Waals surface area contributed by atoms with Crippen molar-refractivity contribution in [2.45, 2.75) is 44.4 Å². The lowest BCUT2D eigenvalue weighted by Gasteiger charge is -2.03. The van der Waals surface area contributed by atoms with E-state index < -0.39 is 5.38 Å². The molecule has 0 aromatic carbocycles. The third-order valence-corrected chi connectivity index (χ3v) is 2.02. The Morgan fingerprint density at radius 2 is 2.00 bits per heavy atom. The first-order valence-corrected chi connectivity index (χ1v) is 5.36. The molecule has 0 aromatic rings. The molecule has 0 radical (unpaired) electrons. The van der Waals surface area contributed by atoms with Gasteiger partial charge in [0.15, 0.2) is 0 Å². The number of ether oxygens (including phenoxy) is 1. The summed E-state index contributed by atoms with van der Waals surface area (Å²) in [5.74, 6) is 0. The lowest BCUT2D eigenvalue weighted by Crippen LogP contribution is -2.07. The number of hydrogen-bond donors (Lipinski definition) is 0. The molecule has 0 fully saturated rings. The number of alkyl halides is 1. The molecule has 0 aliphatic heterocycles. The van der Waals surface area contributed by atoms with E-state index in [0.717, 1.165) is 13.0 Å². The highest BCUT2D eigenvalue weighted by Crippen LogP contribution is 2.03. The third kappa shape index (κ3) is 9.66. The quantitative estimate of drug-likeness (QED) is 0.449. The van der Waals surface area contributed by atoms with Gasteiger partial charge in [-0.25, -0.2) is 0 Å². The Kier molecular flexibility index (Phi) is 9.63. The number of unbranched alkanes of at least 4 members (excludes halogenated alkanes) is 4. The Morgan fingerprint density at radius 1 is 1.31 bits per heavy atom. The fraction of sp³-hybridized carbons (Fsp3) is 0.900. The van der Waals surface area contributed by atoms with Crippen molar-refractivity contribution in [1.82, 2.24) is 0 Å². The van der Waals surface area contributed by atoms with Gasteiger partial charge < -0.3 is 4.74 Å². The van der Waals surface area contributed by atoms with Crippen molar-refractivity contribution < 1.29 is 4.74 Å². The molecule has 13 heavy (non-hydrogen) atoms.